The predicted molar refractivity (Wildman–Crippen MR) is 85.7 cm³/mol. The molecule has 0 spiro atoms. The van der Waals surface area contributed by atoms with E-state index in [1.54, 1.807) is 25.1 Å². The molecule has 1 aromatic heterocycles. The molecule has 0 fully saturated rings. The SMILES string of the molecule is COc1cccnc1C(CSc1ccc(Br)cc1)NN. The molecule has 106 valence electrons. The van der Waals surface area contributed by atoms with Crippen molar-refractivity contribution in [3.8, 4) is 5.75 Å². The number of benzene rings is 1. The summed E-state index contributed by atoms with van der Waals surface area (Å²) >= 11 is 5.14. The second-order valence-electron chi connectivity index (χ2n) is 4.08. The number of hydrogen-bond donors (Lipinski definition) is 2. The maximum Gasteiger partial charge on any atom is 0.142 e. The zero-order valence-electron chi connectivity index (χ0n) is 11.0. The van der Waals surface area contributed by atoms with E-state index in [1.807, 2.05) is 24.3 Å². The van der Waals surface area contributed by atoms with Crippen molar-refractivity contribution in [3.63, 3.8) is 0 Å². The summed E-state index contributed by atoms with van der Waals surface area (Å²) in [4.78, 5) is 5.54. The highest BCUT2D eigenvalue weighted by atomic mass is 79.9. The minimum absolute atomic E-state index is 0.0696. The van der Waals surface area contributed by atoms with Crippen molar-refractivity contribution in [2.45, 2.75) is 10.9 Å². The van der Waals surface area contributed by atoms with Gasteiger partial charge in [-0.3, -0.25) is 16.3 Å². The first-order valence-corrected chi connectivity index (χ1v) is 7.86. The molecule has 0 saturated carbocycles. The lowest BCUT2D eigenvalue weighted by molar-refractivity contribution is 0.398. The Morgan fingerprint density at radius 2 is 2.10 bits per heavy atom. The summed E-state index contributed by atoms with van der Waals surface area (Å²) < 4.78 is 6.39. The molecule has 0 radical (unpaired) electrons. The van der Waals surface area contributed by atoms with Crippen LogP contribution in [0.5, 0.6) is 5.75 Å². The summed E-state index contributed by atoms with van der Waals surface area (Å²) in [7, 11) is 1.63. The zero-order valence-corrected chi connectivity index (χ0v) is 13.4. The predicted octanol–water partition coefficient (Wildman–Crippen LogP) is 3.15. The van der Waals surface area contributed by atoms with Gasteiger partial charge < -0.3 is 4.74 Å². The lowest BCUT2D eigenvalue weighted by atomic mass is 10.2. The van der Waals surface area contributed by atoms with Crippen LogP contribution in [0.1, 0.15) is 11.7 Å². The number of nitrogens with one attached hydrogen (secondary N) is 1. The minimum atomic E-state index is -0.0696. The first-order chi connectivity index (χ1) is 9.74. The van der Waals surface area contributed by atoms with E-state index in [-0.39, 0.29) is 6.04 Å². The molecule has 0 saturated heterocycles. The molecule has 2 aromatic rings. The number of nitrogens with two attached hydrogens (primary N) is 1. The van der Waals surface area contributed by atoms with Gasteiger partial charge in [0.1, 0.15) is 11.4 Å². The molecule has 0 aliphatic rings. The molecule has 0 aliphatic carbocycles. The van der Waals surface area contributed by atoms with Gasteiger partial charge in [-0.15, -0.1) is 11.8 Å². The Morgan fingerprint density at radius 3 is 2.75 bits per heavy atom. The third-order valence-corrected chi connectivity index (χ3v) is 4.42. The molecule has 20 heavy (non-hydrogen) atoms. The lowest BCUT2D eigenvalue weighted by Crippen LogP contribution is -2.30. The van der Waals surface area contributed by atoms with Crippen molar-refractivity contribution in [1.82, 2.24) is 10.4 Å². The molecule has 1 aromatic carbocycles. The molecule has 6 heteroatoms. The third-order valence-electron chi connectivity index (χ3n) is 2.78. The van der Waals surface area contributed by atoms with E-state index in [2.05, 4.69) is 38.5 Å². The van der Waals surface area contributed by atoms with E-state index in [9.17, 15) is 0 Å². The van der Waals surface area contributed by atoms with Crippen LogP contribution in [-0.2, 0) is 0 Å². The van der Waals surface area contributed by atoms with E-state index in [0.717, 1.165) is 21.7 Å². The van der Waals surface area contributed by atoms with Crippen LogP contribution in [0.4, 0.5) is 0 Å². The van der Waals surface area contributed by atoms with E-state index < -0.39 is 0 Å². The molecule has 0 amide bonds. The number of hydrogen-bond acceptors (Lipinski definition) is 5. The van der Waals surface area contributed by atoms with Crippen molar-refractivity contribution < 1.29 is 4.74 Å². The van der Waals surface area contributed by atoms with Crippen LogP contribution in [-0.4, -0.2) is 17.8 Å². The number of halogens is 1. The smallest absolute Gasteiger partial charge is 0.142 e. The summed E-state index contributed by atoms with van der Waals surface area (Å²) in [6, 6.07) is 11.8. The van der Waals surface area contributed by atoms with Crippen molar-refractivity contribution in [2.75, 3.05) is 12.9 Å². The summed E-state index contributed by atoms with van der Waals surface area (Å²) in [6.45, 7) is 0. The zero-order chi connectivity index (χ0) is 14.4. The first kappa shape index (κ1) is 15.3. The monoisotopic (exact) mass is 353 g/mol. The maximum absolute atomic E-state index is 5.65. The second kappa shape index (κ2) is 7.64. The van der Waals surface area contributed by atoms with Crippen LogP contribution >= 0.6 is 27.7 Å². The van der Waals surface area contributed by atoms with E-state index in [4.69, 9.17) is 10.6 Å². The molecular formula is C14H16BrN3OS. The van der Waals surface area contributed by atoms with Crippen molar-refractivity contribution in [3.05, 3.63) is 52.8 Å². The van der Waals surface area contributed by atoms with Crippen LogP contribution in [0.15, 0.2) is 52.0 Å². The molecule has 1 atom stereocenters. The molecule has 0 aliphatic heterocycles. The van der Waals surface area contributed by atoms with Gasteiger partial charge in [0.05, 0.1) is 13.2 Å². The highest BCUT2D eigenvalue weighted by molar-refractivity contribution is 9.10. The molecule has 4 nitrogen and oxygen atoms in total. The summed E-state index contributed by atoms with van der Waals surface area (Å²) in [5.74, 6) is 7.16. The van der Waals surface area contributed by atoms with Crippen LogP contribution in [0, 0.1) is 0 Å². The fraction of sp³-hybridized carbons (Fsp3) is 0.214. The summed E-state index contributed by atoms with van der Waals surface area (Å²) in [5, 5.41) is 0. The van der Waals surface area contributed by atoms with Gasteiger partial charge in [-0.05, 0) is 36.4 Å². The number of ether oxygens (including phenoxy) is 1. The van der Waals surface area contributed by atoms with E-state index in [1.165, 1.54) is 4.90 Å². The second-order valence-corrected chi connectivity index (χ2v) is 6.08. The number of rotatable bonds is 6. The lowest BCUT2D eigenvalue weighted by Gasteiger charge is -2.17. The van der Waals surface area contributed by atoms with Gasteiger partial charge >= 0.3 is 0 Å². The van der Waals surface area contributed by atoms with Crippen LogP contribution < -0.4 is 16.0 Å². The van der Waals surface area contributed by atoms with Crippen molar-refractivity contribution in [2.24, 2.45) is 5.84 Å². The number of hydrazine groups is 1. The van der Waals surface area contributed by atoms with Gasteiger partial charge in [-0.25, -0.2) is 0 Å². The fourth-order valence-electron chi connectivity index (χ4n) is 1.75. The Labute approximate surface area is 131 Å². The Balaban J connectivity index is 2.07. The maximum atomic E-state index is 5.65. The molecule has 2 rings (SSSR count). The molecule has 0 bridgehead atoms. The average Bonchev–Trinajstić information content (AvgIpc) is 2.50. The standard InChI is InChI=1S/C14H16BrN3OS/c1-19-13-3-2-8-17-14(13)12(18-16)9-20-11-6-4-10(15)5-7-11/h2-8,12,18H,9,16H2,1H3. The van der Waals surface area contributed by atoms with Gasteiger partial charge in [0.25, 0.3) is 0 Å². The van der Waals surface area contributed by atoms with E-state index >= 15 is 0 Å². The number of thioether (sulfide) groups is 1. The minimum Gasteiger partial charge on any atom is -0.495 e. The number of methoxy groups -OCH3 is 1. The normalized spacial score (nSPS) is 12.2. The molecular weight excluding hydrogens is 338 g/mol. The average molecular weight is 354 g/mol. The van der Waals surface area contributed by atoms with Crippen LogP contribution in [0.25, 0.3) is 0 Å². The van der Waals surface area contributed by atoms with Crippen molar-refractivity contribution in [1.29, 1.82) is 0 Å². The Hall–Kier alpha value is -1.08. The van der Waals surface area contributed by atoms with Gasteiger partial charge in [0, 0.05) is 21.3 Å². The van der Waals surface area contributed by atoms with Crippen LogP contribution in [0.3, 0.4) is 0 Å². The highest BCUT2D eigenvalue weighted by Gasteiger charge is 2.16. The quantitative estimate of drug-likeness (QED) is 0.474. The van der Waals surface area contributed by atoms with Gasteiger partial charge in [-0.1, -0.05) is 15.9 Å². The molecule has 1 unspecified atom stereocenters. The number of aromatic nitrogens is 1. The Kier molecular flexibility index (Phi) is 5.85. The number of nitrogens with zero attached hydrogens (tertiary/aromatic N) is 1. The summed E-state index contributed by atoms with van der Waals surface area (Å²) in [6.07, 6.45) is 1.74. The highest BCUT2D eigenvalue weighted by Crippen LogP contribution is 2.28. The number of pyridine rings is 1. The largest absolute Gasteiger partial charge is 0.495 e. The van der Waals surface area contributed by atoms with Gasteiger partial charge in [0.15, 0.2) is 0 Å². The molecule has 1 heterocycles. The van der Waals surface area contributed by atoms with Crippen molar-refractivity contribution >= 4 is 27.7 Å². The Bertz CT molecular complexity index is 550. The van der Waals surface area contributed by atoms with Gasteiger partial charge in [0.2, 0.25) is 0 Å². The summed E-state index contributed by atoms with van der Waals surface area (Å²) in [5.41, 5.74) is 3.62. The van der Waals surface area contributed by atoms with Crippen LogP contribution in [0.2, 0.25) is 0 Å². The van der Waals surface area contributed by atoms with E-state index in [0.29, 0.717) is 0 Å². The third kappa shape index (κ3) is 3.96. The topological polar surface area (TPSA) is 60.2 Å². The fourth-order valence-corrected chi connectivity index (χ4v) is 2.96. The first-order valence-electron chi connectivity index (χ1n) is 6.08. The van der Waals surface area contributed by atoms with Gasteiger partial charge in [-0.2, -0.15) is 0 Å². The Morgan fingerprint density at radius 1 is 1.35 bits per heavy atom. The molecule has 3 N–H and O–H groups in total.